The summed E-state index contributed by atoms with van der Waals surface area (Å²) in [6.07, 6.45) is 0. The van der Waals surface area contributed by atoms with Gasteiger partial charge in [-0.2, -0.15) is 0 Å². The predicted molar refractivity (Wildman–Crippen MR) is 80.6 cm³/mol. The second kappa shape index (κ2) is 6.07. The van der Waals surface area contributed by atoms with Gasteiger partial charge in [0.25, 0.3) is 0 Å². The van der Waals surface area contributed by atoms with Gasteiger partial charge in [-0.15, -0.1) is 0 Å². The highest BCUT2D eigenvalue weighted by atomic mass is 79.9. The molecule has 2 rings (SSSR count). The van der Waals surface area contributed by atoms with Gasteiger partial charge in [-0.05, 0) is 24.3 Å². The van der Waals surface area contributed by atoms with Crippen molar-refractivity contribution < 1.29 is 9.47 Å². The second-order valence-electron chi connectivity index (χ2n) is 4.10. The Morgan fingerprint density at radius 3 is 1.56 bits per heavy atom. The summed E-state index contributed by atoms with van der Waals surface area (Å²) in [6, 6.07) is 19.5. The molecule has 2 nitrogen and oxygen atoms in total. The largest absolute Gasteiger partial charge is 0.457 e. The Labute approximate surface area is 118 Å². The van der Waals surface area contributed by atoms with Crippen LogP contribution in [-0.2, 0) is 0 Å². The molecule has 2 aromatic rings. The van der Waals surface area contributed by atoms with Crippen molar-refractivity contribution in [3.05, 3.63) is 60.7 Å². The van der Waals surface area contributed by atoms with Crippen LogP contribution in [0, 0.1) is 0 Å². The molecule has 0 saturated heterocycles. The zero-order valence-corrected chi connectivity index (χ0v) is 13.8. The van der Waals surface area contributed by atoms with Crippen molar-refractivity contribution in [2.24, 2.45) is 0 Å². The average molecular weight is 323 g/mol. The van der Waals surface area contributed by atoms with Gasteiger partial charge in [-0.25, -0.2) is 0 Å². The normalized spacial score (nSPS) is 11.2. The highest BCUT2D eigenvalue weighted by Gasteiger charge is 2.26. The number of alkyl halides is 1. The maximum atomic E-state index is 5.95. The molecule has 0 saturated carbocycles. The fourth-order valence-electron chi connectivity index (χ4n) is 1.55. The lowest BCUT2D eigenvalue weighted by Crippen LogP contribution is -2.44. The third-order valence-corrected chi connectivity index (χ3v) is 5.21. The molecular formula is C14H15BrO2Si. The lowest BCUT2D eigenvalue weighted by molar-refractivity contribution is -0.0162. The topological polar surface area (TPSA) is 18.5 Å². The number of benzene rings is 2. The Morgan fingerprint density at radius 2 is 1.22 bits per heavy atom. The molecule has 0 aliphatic rings. The molecule has 0 fully saturated rings. The average Bonchev–Trinajstić information content (AvgIpc) is 2.41. The minimum atomic E-state index is -0.595. The Hall–Kier alpha value is -1.26. The smallest absolute Gasteiger partial charge is 0.228 e. The number of halogens is 1. The molecule has 94 valence electrons. The monoisotopic (exact) mass is 322 g/mol. The van der Waals surface area contributed by atoms with Gasteiger partial charge in [-0.1, -0.05) is 52.3 Å². The van der Waals surface area contributed by atoms with E-state index in [0.717, 1.165) is 21.7 Å². The van der Waals surface area contributed by atoms with Crippen molar-refractivity contribution >= 4 is 26.2 Å². The van der Waals surface area contributed by atoms with Gasteiger partial charge < -0.3 is 9.47 Å². The number of para-hydroxylation sites is 2. The van der Waals surface area contributed by atoms with Gasteiger partial charge in [0.2, 0.25) is 5.41 Å². The zero-order valence-electron chi connectivity index (χ0n) is 10.2. The van der Waals surface area contributed by atoms with E-state index in [2.05, 4.69) is 15.9 Å². The van der Waals surface area contributed by atoms with E-state index >= 15 is 0 Å². The third kappa shape index (κ3) is 3.61. The number of rotatable bonds is 5. The molecule has 0 aromatic heterocycles. The van der Waals surface area contributed by atoms with Crippen LogP contribution in [0.3, 0.4) is 0 Å². The van der Waals surface area contributed by atoms with Gasteiger partial charge in [0.15, 0.2) is 0 Å². The van der Waals surface area contributed by atoms with Crippen molar-refractivity contribution in [2.75, 3.05) is 5.33 Å². The number of hydrogen-bond donors (Lipinski definition) is 0. The standard InChI is InChI=1S/C14H15BrO2Si/c15-11-14(18,16-12-7-3-1-4-8-12)17-13-9-5-2-6-10-13/h1-10H,11H2,18H3. The molecule has 0 unspecified atom stereocenters. The summed E-state index contributed by atoms with van der Waals surface area (Å²) >= 11 is 3.47. The van der Waals surface area contributed by atoms with E-state index in [-0.39, 0.29) is 0 Å². The predicted octanol–water partition coefficient (Wildman–Crippen LogP) is 2.56. The summed E-state index contributed by atoms with van der Waals surface area (Å²) in [5, 5.41) is 0.635. The lowest BCUT2D eigenvalue weighted by Gasteiger charge is -2.30. The van der Waals surface area contributed by atoms with E-state index in [1.807, 2.05) is 60.7 Å². The van der Waals surface area contributed by atoms with Gasteiger partial charge in [0, 0.05) is 0 Å². The highest BCUT2D eigenvalue weighted by molar-refractivity contribution is 9.09. The molecule has 18 heavy (non-hydrogen) atoms. The first kappa shape index (κ1) is 13.2. The van der Waals surface area contributed by atoms with Gasteiger partial charge >= 0.3 is 0 Å². The molecule has 0 aliphatic heterocycles. The van der Waals surface area contributed by atoms with Crippen LogP contribution in [0.1, 0.15) is 0 Å². The Morgan fingerprint density at radius 1 is 0.833 bits per heavy atom. The van der Waals surface area contributed by atoms with Crippen molar-refractivity contribution in [1.29, 1.82) is 0 Å². The minimum absolute atomic E-state index is 0.595. The van der Waals surface area contributed by atoms with Crippen LogP contribution >= 0.6 is 15.9 Å². The fraction of sp³-hybridized carbons (Fsp3) is 0.143. The van der Waals surface area contributed by atoms with Gasteiger partial charge in [-0.3, -0.25) is 0 Å². The molecule has 0 N–H and O–H groups in total. The summed E-state index contributed by atoms with van der Waals surface area (Å²) in [7, 11) is 0.747. The first-order valence-electron chi connectivity index (χ1n) is 5.76. The summed E-state index contributed by atoms with van der Waals surface area (Å²) in [5.74, 6) is 1.64. The Balaban J connectivity index is 2.11. The molecular weight excluding hydrogens is 308 g/mol. The number of ether oxygens (including phenoxy) is 2. The van der Waals surface area contributed by atoms with Crippen molar-refractivity contribution in [2.45, 2.75) is 5.41 Å². The first-order valence-corrected chi connectivity index (χ1v) is 7.88. The van der Waals surface area contributed by atoms with Crippen LogP contribution in [0.25, 0.3) is 0 Å². The summed E-state index contributed by atoms with van der Waals surface area (Å²) in [4.78, 5) is 0. The highest BCUT2D eigenvalue weighted by Crippen LogP contribution is 2.22. The second-order valence-corrected chi connectivity index (χ2v) is 6.18. The molecule has 0 radical (unpaired) electrons. The summed E-state index contributed by atoms with van der Waals surface area (Å²) in [6.45, 7) is 0. The number of hydrogen-bond acceptors (Lipinski definition) is 2. The third-order valence-electron chi connectivity index (χ3n) is 2.40. The minimum Gasteiger partial charge on any atom is -0.457 e. The molecule has 0 amide bonds. The molecule has 0 spiro atoms. The van der Waals surface area contributed by atoms with Crippen LogP contribution in [0.2, 0.25) is 0 Å². The van der Waals surface area contributed by atoms with E-state index in [4.69, 9.17) is 9.47 Å². The van der Waals surface area contributed by atoms with Crippen LogP contribution in [0.5, 0.6) is 11.5 Å². The van der Waals surface area contributed by atoms with E-state index in [0.29, 0.717) is 5.33 Å². The molecule has 2 aromatic carbocycles. The first-order chi connectivity index (χ1) is 8.72. The molecule has 0 aliphatic carbocycles. The van der Waals surface area contributed by atoms with E-state index in [1.165, 1.54) is 0 Å². The van der Waals surface area contributed by atoms with E-state index in [1.54, 1.807) is 0 Å². The quantitative estimate of drug-likeness (QED) is 0.478. The maximum Gasteiger partial charge on any atom is 0.228 e. The van der Waals surface area contributed by atoms with Crippen molar-refractivity contribution in [3.63, 3.8) is 0 Å². The van der Waals surface area contributed by atoms with Crippen LogP contribution < -0.4 is 9.47 Å². The van der Waals surface area contributed by atoms with E-state index < -0.39 is 5.41 Å². The van der Waals surface area contributed by atoms with Gasteiger partial charge in [0.1, 0.15) is 21.7 Å². The molecule has 0 bridgehead atoms. The lowest BCUT2D eigenvalue weighted by atomic mass is 10.3. The Kier molecular flexibility index (Phi) is 4.44. The fourth-order valence-corrected chi connectivity index (χ4v) is 2.25. The zero-order chi connectivity index (χ0) is 12.8. The van der Waals surface area contributed by atoms with Crippen LogP contribution in [-0.4, -0.2) is 21.0 Å². The van der Waals surface area contributed by atoms with Gasteiger partial charge in [0.05, 0.1) is 5.33 Å². The summed E-state index contributed by atoms with van der Waals surface area (Å²) in [5.41, 5.74) is -0.595. The van der Waals surface area contributed by atoms with Crippen LogP contribution in [0.15, 0.2) is 60.7 Å². The van der Waals surface area contributed by atoms with Crippen LogP contribution in [0.4, 0.5) is 0 Å². The van der Waals surface area contributed by atoms with Crippen molar-refractivity contribution in [3.8, 4) is 11.5 Å². The van der Waals surface area contributed by atoms with Crippen molar-refractivity contribution in [1.82, 2.24) is 0 Å². The molecule has 4 heteroatoms. The van der Waals surface area contributed by atoms with E-state index in [9.17, 15) is 0 Å². The maximum absolute atomic E-state index is 5.95. The summed E-state index contributed by atoms with van der Waals surface area (Å²) < 4.78 is 11.9. The molecule has 0 heterocycles. The molecule has 0 atom stereocenters. The Bertz CT molecular complexity index is 434. The SMILES string of the molecule is [SiH3]C(CBr)(Oc1ccccc1)Oc1ccccc1.